The summed E-state index contributed by atoms with van der Waals surface area (Å²) in [4.78, 5) is 13.8. The summed E-state index contributed by atoms with van der Waals surface area (Å²) in [5.74, 6) is -2.46. The Bertz CT molecular complexity index is 453. The minimum Gasteiger partial charge on any atom is -0.364 e. The molecular weight excluding hydrogens is 211 g/mol. The van der Waals surface area contributed by atoms with Gasteiger partial charge in [0.15, 0.2) is 5.69 Å². The molecule has 78 valence electrons. The summed E-state index contributed by atoms with van der Waals surface area (Å²) < 4.78 is 37.6. The summed E-state index contributed by atoms with van der Waals surface area (Å²) in [7, 11) is 0. The maximum Gasteiger partial charge on any atom is 0.269 e. The first kappa shape index (κ1) is 11.0. The van der Waals surface area contributed by atoms with E-state index in [2.05, 4.69) is 4.98 Å². The second-order valence-electron chi connectivity index (χ2n) is 2.53. The molecule has 1 heterocycles. The third-order valence-corrected chi connectivity index (χ3v) is 1.58. The lowest BCUT2D eigenvalue weighted by molar-refractivity contribution is 0.0993. The van der Waals surface area contributed by atoms with Crippen LogP contribution >= 0.6 is 0 Å². The molecule has 7 heteroatoms. The molecular formula is C8H4F3N3O. The van der Waals surface area contributed by atoms with Crippen LogP contribution in [0.1, 0.15) is 28.2 Å². The molecule has 0 saturated carbocycles. The zero-order valence-corrected chi connectivity index (χ0v) is 7.17. The summed E-state index contributed by atoms with van der Waals surface area (Å²) in [6.07, 6.45) is -3.17. The number of alkyl halides is 2. The summed E-state index contributed by atoms with van der Waals surface area (Å²) >= 11 is 0. The van der Waals surface area contributed by atoms with Gasteiger partial charge in [0, 0.05) is 6.07 Å². The zero-order chi connectivity index (χ0) is 11.6. The lowest BCUT2D eigenvalue weighted by Gasteiger charge is -2.04. The minimum absolute atomic E-state index is 0.477. The van der Waals surface area contributed by atoms with Crippen LogP contribution in [0.25, 0.3) is 0 Å². The van der Waals surface area contributed by atoms with Crippen molar-refractivity contribution in [2.45, 2.75) is 6.43 Å². The molecule has 0 radical (unpaired) electrons. The van der Waals surface area contributed by atoms with E-state index < -0.39 is 35.1 Å². The maximum absolute atomic E-state index is 13.0. The molecule has 1 aromatic rings. The van der Waals surface area contributed by atoms with Gasteiger partial charge in [0.25, 0.3) is 12.3 Å². The molecule has 0 spiro atoms. The Labute approximate surface area is 82.1 Å². The normalized spacial score (nSPS) is 10.1. The second-order valence-corrected chi connectivity index (χ2v) is 2.53. The Morgan fingerprint density at radius 3 is 2.60 bits per heavy atom. The van der Waals surface area contributed by atoms with Crippen LogP contribution in [0.4, 0.5) is 13.2 Å². The van der Waals surface area contributed by atoms with Crippen molar-refractivity contribution in [2.24, 2.45) is 5.73 Å². The summed E-state index contributed by atoms with van der Waals surface area (Å²) in [6.45, 7) is 0. The lowest BCUT2D eigenvalue weighted by atomic mass is 10.1. The van der Waals surface area contributed by atoms with Gasteiger partial charge in [0.05, 0.1) is 5.56 Å². The van der Waals surface area contributed by atoms with Gasteiger partial charge in [-0.15, -0.1) is 0 Å². The molecule has 0 aliphatic carbocycles. The number of carbonyl (C=O) groups is 1. The number of nitrogens with zero attached hydrogens (tertiary/aromatic N) is 2. The minimum atomic E-state index is -3.17. The number of hydrogen-bond acceptors (Lipinski definition) is 3. The van der Waals surface area contributed by atoms with Gasteiger partial charge in [-0.05, 0) is 0 Å². The van der Waals surface area contributed by atoms with Gasteiger partial charge in [-0.3, -0.25) is 4.79 Å². The second kappa shape index (κ2) is 3.96. The Morgan fingerprint density at radius 2 is 2.20 bits per heavy atom. The standard InChI is InChI=1S/C8H4F3N3O/c9-3-1-4(8(13)15)14-5(2-12)6(3)7(10)11/h1,7H,(H2,13,15). The SMILES string of the molecule is N#Cc1nc(C(N)=O)cc(F)c1C(F)F. The van der Waals surface area contributed by atoms with E-state index >= 15 is 0 Å². The molecule has 0 aromatic carbocycles. The van der Waals surface area contributed by atoms with E-state index in [1.807, 2.05) is 0 Å². The van der Waals surface area contributed by atoms with Crippen LogP contribution in [0.3, 0.4) is 0 Å². The van der Waals surface area contributed by atoms with Gasteiger partial charge >= 0.3 is 0 Å². The molecule has 15 heavy (non-hydrogen) atoms. The van der Waals surface area contributed by atoms with Crippen LogP contribution in [0, 0.1) is 17.1 Å². The van der Waals surface area contributed by atoms with E-state index in [1.54, 1.807) is 0 Å². The highest BCUT2D eigenvalue weighted by atomic mass is 19.3. The summed E-state index contributed by atoms with van der Waals surface area (Å²) in [6, 6.07) is 1.75. The molecule has 2 N–H and O–H groups in total. The lowest BCUT2D eigenvalue weighted by Crippen LogP contribution is -2.15. The third kappa shape index (κ3) is 2.04. The molecule has 0 unspecified atom stereocenters. The largest absolute Gasteiger partial charge is 0.364 e. The van der Waals surface area contributed by atoms with Crippen LogP contribution in [-0.2, 0) is 0 Å². The van der Waals surface area contributed by atoms with E-state index in [-0.39, 0.29) is 0 Å². The molecule has 1 amide bonds. The van der Waals surface area contributed by atoms with Crippen molar-refractivity contribution >= 4 is 5.91 Å². The van der Waals surface area contributed by atoms with E-state index in [9.17, 15) is 18.0 Å². The van der Waals surface area contributed by atoms with Gasteiger partial charge < -0.3 is 5.73 Å². The highest BCUT2D eigenvalue weighted by molar-refractivity contribution is 5.90. The number of carbonyl (C=O) groups excluding carboxylic acids is 1. The van der Waals surface area contributed by atoms with E-state index in [4.69, 9.17) is 11.0 Å². The summed E-state index contributed by atoms with van der Waals surface area (Å²) in [5, 5.41) is 8.43. The van der Waals surface area contributed by atoms with Crippen molar-refractivity contribution in [3.63, 3.8) is 0 Å². The number of amides is 1. The highest BCUT2D eigenvalue weighted by Gasteiger charge is 2.22. The van der Waals surface area contributed by atoms with Gasteiger partial charge in [-0.25, -0.2) is 18.2 Å². The van der Waals surface area contributed by atoms with Crippen molar-refractivity contribution in [1.82, 2.24) is 4.98 Å². The van der Waals surface area contributed by atoms with E-state index in [0.717, 1.165) is 0 Å². The topological polar surface area (TPSA) is 79.8 Å². The maximum atomic E-state index is 13.0. The number of nitriles is 1. The Kier molecular flexibility index (Phi) is 2.90. The molecule has 4 nitrogen and oxygen atoms in total. The van der Waals surface area contributed by atoms with Crippen molar-refractivity contribution in [3.8, 4) is 6.07 Å². The fourth-order valence-electron chi connectivity index (χ4n) is 0.943. The Morgan fingerprint density at radius 1 is 1.60 bits per heavy atom. The molecule has 0 fully saturated rings. The molecule has 1 aromatic heterocycles. The number of rotatable bonds is 2. The monoisotopic (exact) mass is 215 g/mol. The predicted octanol–water partition coefficient (Wildman–Crippen LogP) is 1.13. The van der Waals surface area contributed by atoms with Crippen LogP contribution < -0.4 is 5.73 Å². The number of pyridine rings is 1. The van der Waals surface area contributed by atoms with Gasteiger partial charge in [-0.2, -0.15) is 5.26 Å². The smallest absolute Gasteiger partial charge is 0.269 e. The fourth-order valence-corrected chi connectivity index (χ4v) is 0.943. The number of halogens is 3. The summed E-state index contributed by atoms with van der Waals surface area (Å²) in [5.41, 5.74) is 2.25. The van der Waals surface area contributed by atoms with Crippen LogP contribution in [0.5, 0.6) is 0 Å². The first-order valence-corrected chi connectivity index (χ1v) is 3.66. The van der Waals surface area contributed by atoms with Crippen LogP contribution in [-0.4, -0.2) is 10.9 Å². The average molecular weight is 215 g/mol. The Hall–Kier alpha value is -2.10. The molecule has 0 atom stereocenters. The van der Waals surface area contributed by atoms with Crippen LogP contribution in [0.15, 0.2) is 6.07 Å². The molecule has 0 aliphatic rings. The van der Waals surface area contributed by atoms with Gasteiger partial charge in [0.2, 0.25) is 0 Å². The Balaban J connectivity index is 3.46. The molecule has 1 rings (SSSR count). The van der Waals surface area contributed by atoms with Crippen molar-refractivity contribution < 1.29 is 18.0 Å². The fraction of sp³-hybridized carbons (Fsp3) is 0.125. The van der Waals surface area contributed by atoms with Gasteiger partial charge in [-0.1, -0.05) is 0 Å². The average Bonchev–Trinajstić information content (AvgIpc) is 2.15. The third-order valence-electron chi connectivity index (χ3n) is 1.58. The molecule has 0 bridgehead atoms. The zero-order valence-electron chi connectivity index (χ0n) is 7.17. The van der Waals surface area contributed by atoms with Crippen molar-refractivity contribution in [2.75, 3.05) is 0 Å². The first-order valence-electron chi connectivity index (χ1n) is 3.66. The highest BCUT2D eigenvalue weighted by Crippen LogP contribution is 2.24. The number of aromatic nitrogens is 1. The number of hydrogen-bond donors (Lipinski definition) is 1. The predicted molar refractivity (Wildman–Crippen MR) is 42.4 cm³/mol. The quantitative estimate of drug-likeness (QED) is 0.802. The number of primary amides is 1. The van der Waals surface area contributed by atoms with Crippen LogP contribution in [0.2, 0.25) is 0 Å². The van der Waals surface area contributed by atoms with Crippen molar-refractivity contribution in [1.29, 1.82) is 5.26 Å². The van der Waals surface area contributed by atoms with Gasteiger partial charge in [0.1, 0.15) is 17.6 Å². The van der Waals surface area contributed by atoms with E-state index in [1.165, 1.54) is 6.07 Å². The van der Waals surface area contributed by atoms with E-state index in [0.29, 0.717) is 6.07 Å². The molecule has 0 saturated heterocycles. The first-order chi connectivity index (χ1) is 6.97. The molecule has 0 aliphatic heterocycles. The van der Waals surface area contributed by atoms with Crippen molar-refractivity contribution in [3.05, 3.63) is 28.8 Å². The number of nitrogens with two attached hydrogens (primary N) is 1.